The summed E-state index contributed by atoms with van der Waals surface area (Å²) in [7, 11) is 0. The van der Waals surface area contributed by atoms with Crippen LogP contribution in [-0.2, 0) is 21.6 Å². The Labute approximate surface area is 153 Å². The molecule has 134 valence electrons. The van der Waals surface area contributed by atoms with Crippen molar-refractivity contribution in [2.24, 2.45) is 0 Å². The Bertz CT molecular complexity index is 850. The van der Waals surface area contributed by atoms with Crippen molar-refractivity contribution in [3.8, 4) is 0 Å². The van der Waals surface area contributed by atoms with Crippen LogP contribution in [0, 0.1) is 6.92 Å². The summed E-state index contributed by atoms with van der Waals surface area (Å²) in [5, 5.41) is 0. The van der Waals surface area contributed by atoms with Crippen molar-refractivity contribution >= 4 is 11.9 Å². The standard InChI is InChI=1S/C22H23NO3/c1-16-5-4-6-17(15-16)9-10-20(24)23-13-11-22(12-14-23)19-8-3-2-7-18(19)21(25)26-22/h2-8,15H,9-14H2,1H3. The van der Waals surface area contributed by atoms with E-state index in [1.54, 1.807) is 0 Å². The minimum Gasteiger partial charge on any atom is -0.450 e. The van der Waals surface area contributed by atoms with Gasteiger partial charge in [-0.1, -0.05) is 48.0 Å². The lowest BCUT2D eigenvalue weighted by molar-refractivity contribution is -0.135. The number of hydrogen-bond acceptors (Lipinski definition) is 3. The first-order chi connectivity index (χ1) is 12.6. The molecule has 0 aliphatic carbocycles. The quantitative estimate of drug-likeness (QED) is 0.795. The second kappa shape index (κ2) is 6.60. The zero-order chi connectivity index (χ0) is 18.1. The van der Waals surface area contributed by atoms with E-state index in [2.05, 4.69) is 25.1 Å². The lowest BCUT2D eigenvalue weighted by Crippen LogP contribution is -2.45. The van der Waals surface area contributed by atoms with Crippen LogP contribution in [0.25, 0.3) is 0 Å². The molecular formula is C22H23NO3. The summed E-state index contributed by atoms with van der Waals surface area (Å²) >= 11 is 0. The van der Waals surface area contributed by atoms with Crippen LogP contribution >= 0.6 is 0 Å². The average Bonchev–Trinajstić information content (AvgIpc) is 2.93. The number of carbonyl (C=O) groups is 2. The maximum Gasteiger partial charge on any atom is 0.339 e. The Morgan fingerprint density at radius 2 is 1.88 bits per heavy atom. The number of likely N-dealkylation sites (tertiary alicyclic amines) is 1. The summed E-state index contributed by atoms with van der Waals surface area (Å²) in [5.41, 5.74) is 3.53. The Hall–Kier alpha value is -2.62. The molecule has 0 N–H and O–H groups in total. The molecule has 0 aromatic heterocycles. The summed E-state index contributed by atoms with van der Waals surface area (Å²) in [4.78, 5) is 26.6. The van der Waals surface area contributed by atoms with Crippen LogP contribution in [-0.4, -0.2) is 29.9 Å². The number of hydrogen-bond donors (Lipinski definition) is 0. The van der Waals surface area contributed by atoms with E-state index in [0.717, 1.165) is 12.0 Å². The molecular weight excluding hydrogens is 326 g/mol. The maximum absolute atomic E-state index is 12.6. The molecule has 0 radical (unpaired) electrons. The van der Waals surface area contributed by atoms with Crippen molar-refractivity contribution in [3.05, 3.63) is 70.8 Å². The lowest BCUT2D eigenvalue weighted by atomic mass is 9.83. The van der Waals surface area contributed by atoms with Gasteiger partial charge in [0, 0.05) is 37.9 Å². The van der Waals surface area contributed by atoms with Gasteiger partial charge in [0.15, 0.2) is 0 Å². The number of esters is 1. The number of ether oxygens (including phenoxy) is 1. The fraction of sp³-hybridized carbons (Fsp3) is 0.364. The molecule has 0 bridgehead atoms. The third kappa shape index (κ3) is 3.00. The predicted molar refractivity (Wildman–Crippen MR) is 98.8 cm³/mol. The number of aryl methyl sites for hydroxylation is 2. The summed E-state index contributed by atoms with van der Waals surface area (Å²) in [6.45, 7) is 3.33. The van der Waals surface area contributed by atoms with Crippen molar-refractivity contribution < 1.29 is 14.3 Å². The Kier molecular flexibility index (Phi) is 4.27. The van der Waals surface area contributed by atoms with Crippen LogP contribution in [0.2, 0.25) is 0 Å². The van der Waals surface area contributed by atoms with E-state index in [1.807, 2.05) is 35.2 Å². The first kappa shape index (κ1) is 16.8. The minimum atomic E-state index is -0.541. The molecule has 4 heteroatoms. The van der Waals surface area contributed by atoms with Gasteiger partial charge >= 0.3 is 5.97 Å². The summed E-state index contributed by atoms with van der Waals surface area (Å²) < 4.78 is 5.75. The molecule has 26 heavy (non-hydrogen) atoms. The van der Waals surface area contributed by atoms with Gasteiger partial charge < -0.3 is 9.64 Å². The van der Waals surface area contributed by atoms with E-state index in [0.29, 0.717) is 37.9 Å². The van der Waals surface area contributed by atoms with Crippen LogP contribution in [0.15, 0.2) is 48.5 Å². The predicted octanol–water partition coefficient (Wildman–Crippen LogP) is 3.62. The fourth-order valence-corrected chi connectivity index (χ4v) is 4.11. The highest BCUT2D eigenvalue weighted by Crippen LogP contribution is 2.43. The molecule has 0 unspecified atom stereocenters. The number of nitrogens with zero attached hydrogens (tertiary/aromatic N) is 1. The summed E-state index contributed by atoms with van der Waals surface area (Å²) in [6.07, 6.45) is 2.63. The van der Waals surface area contributed by atoms with Gasteiger partial charge in [0.25, 0.3) is 0 Å². The third-order valence-corrected chi connectivity index (χ3v) is 5.56. The van der Waals surface area contributed by atoms with E-state index in [1.165, 1.54) is 11.1 Å². The molecule has 2 aromatic carbocycles. The largest absolute Gasteiger partial charge is 0.450 e. The van der Waals surface area contributed by atoms with Crippen LogP contribution in [0.3, 0.4) is 0 Å². The highest BCUT2D eigenvalue weighted by Gasteiger charge is 2.47. The lowest BCUT2D eigenvalue weighted by Gasteiger charge is -2.38. The van der Waals surface area contributed by atoms with Crippen LogP contribution < -0.4 is 0 Å². The zero-order valence-electron chi connectivity index (χ0n) is 15.0. The normalized spacial score (nSPS) is 17.9. The second-order valence-corrected chi connectivity index (χ2v) is 7.30. The number of piperidine rings is 1. The SMILES string of the molecule is Cc1cccc(CCC(=O)N2CCC3(CC2)OC(=O)c2ccccc23)c1. The van der Waals surface area contributed by atoms with E-state index >= 15 is 0 Å². The minimum absolute atomic E-state index is 0.180. The van der Waals surface area contributed by atoms with E-state index in [4.69, 9.17) is 4.74 Å². The topological polar surface area (TPSA) is 46.6 Å². The van der Waals surface area contributed by atoms with Gasteiger partial charge in [-0.05, 0) is 25.0 Å². The molecule has 2 aromatic rings. The van der Waals surface area contributed by atoms with Crippen molar-refractivity contribution in [2.75, 3.05) is 13.1 Å². The molecule has 2 aliphatic rings. The fourth-order valence-electron chi connectivity index (χ4n) is 4.11. The smallest absolute Gasteiger partial charge is 0.339 e. The van der Waals surface area contributed by atoms with Crippen LogP contribution in [0.4, 0.5) is 0 Å². The average molecular weight is 349 g/mol. The van der Waals surface area contributed by atoms with Gasteiger partial charge in [-0.15, -0.1) is 0 Å². The van der Waals surface area contributed by atoms with E-state index in [9.17, 15) is 9.59 Å². The zero-order valence-corrected chi connectivity index (χ0v) is 15.0. The molecule has 1 saturated heterocycles. The van der Waals surface area contributed by atoms with Gasteiger partial charge in [0.1, 0.15) is 5.60 Å². The van der Waals surface area contributed by atoms with Crippen molar-refractivity contribution in [2.45, 2.75) is 38.2 Å². The van der Waals surface area contributed by atoms with Gasteiger partial charge in [-0.2, -0.15) is 0 Å². The van der Waals surface area contributed by atoms with Crippen molar-refractivity contribution in [3.63, 3.8) is 0 Å². The number of benzene rings is 2. The number of fused-ring (bicyclic) bond motifs is 2. The highest BCUT2D eigenvalue weighted by atomic mass is 16.6. The first-order valence-electron chi connectivity index (χ1n) is 9.24. The van der Waals surface area contributed by atoms with Crippen LogP contribution in [0.5, 0.6) is 0 Å². The molecule has 1 amide bonds. The van der Waals surface area contributed by atoms with Gasteiger partial charge in [-0.3, -0.25) is 4.79 Å². The summed E-state index contributed by atoms with van der Waals surface area (Å²) in [5.74, 6) is -0.0567. The third-order valence-electron chi connectivity index (χ3n) is 5.56. The molecule has 1 spiro atoms. The van der Waals surface area contributed by atoms with E-state index < -0.39 is 5.60 Å². The Balaban J connectivity index is 1.38. The Morgan fingerprint density at radius 1 is 1.12 bits per heavy atom. The van der Waals surface area contributed by atoms with Gasteiger partial charge in [0.05, 0.1) is 5.56 Å². The van der Waals surface area contributed by atoms with E-state index in [-0.39, 0.29) is 11.9 Å². The van der Waals surface area contributed by atoms with Gasteiger partial charge in [-0.25, -0.2) is 4.79 Å². The molecule has 4 nitrogen and oxygen atoms in total. The number of amides is 1. The molecule has 0 atom stereocenters. The van der Waals surface area contributed by atoms with Gasteiger partial charge in [0.2, 0.25) is 5.91 Å². The molecule has 1 fully saturated rings. The molecule has 4 rings (SSSR count). The van der Waals surface area contributed by atoms with Crippen molar-refractivity contribution in [1.82, 2.24) is 4.90 Å². The summed E-state index contributed by atoms with van der Waals surface area (Å²) in [6, 6.07) is 15.9. The highest BCUT2D eigenvalue weighted by molar-refractivity contribution is 5.94. The monoisotopic (exact) mass is 349 g/mol. The maximum atomic E-state index is 12.6. The van der Waals surface area contributed by atoms with Crippen molar-refractivity contribution in [1.29, 1.82) is 0 Å². The molecule has 2 aliphatic heterocycles. The second-order valence-electron chi connectivity index (χ2n) is 7.30. The van der Waals surface area contributed by atoms with Crippen LogP contribution in [0.1, 0.15) is 46.3 Å². The Morgan fingerprint density at radius 3 is 2.65 bits per heavy atom. The number of rotatable bonds is 3. The number of carbonyl (C=O) groups excluding carboxylic acids is 2. The molecule has 2 heterocycles. The first-order valence-corrected chi connectivity index (χ1v) is 9.24. The molecule has 0 saturated carbocycles.